The second kappa shape index (κ2) is 6.82. The van der Waals surface area contributed by atoms with Crippen molar-refractivity contribution in [3.63, 3.8) is 0 Å². The lowest BCUT2D eigenvalue weighted by Gasteiger charge is -2.32. The van der Waals surface area contributed by atoms with Crippen molar-refractivity contribution >= 4 is 16.7 Å². The molecule has 1 amide bonds. The first-order chi connectivity index (χ1) is 12.5. The zero-order valence-corrected chi connectivity index (χ0v) is 16.0. The van der Waals surface area contributed by atoms with Gasteiger partial charge >= 0.3 is 6.18 Å². The maximum atomic E-state index is 14.3. The summed E-state index contributed by atoms with van der Waals surface area (Å²) in [6.45, 7) is 7.30. The van der Waals surface area contributed by atoms with E-state index in [-0.39, 0.29) is 23.9 Å². The zero-order valence-electron chi connectivity index (χ0n) is 16.0. The Morgan fingerprint density at radius 2 is 1.81 bits per heavy atom. The fourth-order valence-electron chi connectivity index (χ4n) is 3.75. The van der Waals surface area contributed by atoms with Crippen LogP contribution in [0.25, 0.3) is 10.8 Å². The third kappa shape index (κ3) is 3.81. The Balaban J connectivity index is 2.22. The predicted octanol–water partition coefficient (Wildman–Crippen LogP) is 5.01. The van der Waals surface area contributed by atoms with Gasteiger partial charge in [0.15, 0.2) is 6.04 Å². The highest BCUT2D eigenvalue weighted by Gasteiger charge is 2.52. The number of carbonyl (C=O) groups is 1. The van der Waals surface area contributed by atoms with E-state index in [1.54, 1.807) is 32.0 Å². The molecule has 1 heterocycles. The second-order valence-electron chi connectivity index (χ2n) is 8.35. The monoisotopic (exact) mass is 378 g/mol. The number of nitrogens with one attached hydrogen (secondary N) is 1. The Kier molecular flexibility index (Phi) is 4.97. The van der Waals surface area contributed by atoms with Crippen molar-refractivity contribution in [3.8, 4) is 0 Å². The molecule has 1 aliphatic rings. The highest BCUT2D eigenvalue weighted by Crippen LogP contribution is 2.44. The number of halogens is 3. The molecule has 0 aliphatic carbocycles. The lowest BCUT2D eigenvalue weighted by atomic mass is 9.88. The van der Waals surface area contributed by atoms with Crippen LogP contribution in [0.3, 0.4) is 0 Å². The summed E-state index contributed by atoms with van der Waals surface area (Å²) in [6.07, 6.45) is -3.98. The van der Waals surface area contributed by atoms with Crippen LogP contribution in [0.5, 0.6) is 0 Å². The van der Waals surface area contributed by atoms with Crippen molar-refractivity contribution < 1.29 is 18.0 Å². The van der Waals surface area contributed by atoms with Gasteiger partial charge in [-0.15, -0.1) is 0 Å². The maximum absolute atomic E-state index is 14.3. The molecule has 1 fully saturated rings. The molecule has 0 unspecified atom stereocenters. The van der Waals surface area contributed by atoms with Crippen molar-refractivity contribution in [1.82, 2.24) is 10.4 Å². The van der Waals surface area contributed by atoms with E-state index in [4.69, 9.17) is 0 Å². The average Bonchev–Trinajstić information content (AvgIpc) is 2.80. The molecule has 0 saturated carbocycles. The molecule has 1 N–H and O–H groups in total. The minimum absolute atomic E-state index is 0.000347. The van der Waals surface area contributed by atoms with E-state index in [1.165, 1.54) is 0 Å². The van der Waals surface area contributed by atoms with Crippen molar-refractivity contribution in [2.24, 2.45) is 11.3 Å². The van der Waals surface area contributed by atoms with E-state index in [0.29, 0.717) is 17.4 Å². The van der Waals surface area contributed by atoms with Gasteiger partial charge in [-0.3, -0.25) is 10.2 Å². The van der Waals surface area contributed by atoms with Crippen molar-refractivity contribution in [3.05, 3.63) is 47.5 Å². The number of benzene rings is 2. The van der Waals surface area contributed by atoms with Crippen LogP contribution in [0, 0.1) is 11.3 Å². The Hall–Kier alpha value is -2.08. The van der Waals surface area contributed by atoms with Crippen LogP contribution >= 0.6 is 0 Å². The Bertz CT molecular complexity index is 858. The summed E-state index contributed by atoms with van der Waals surface area (Å²) in [7, 11) is 0. The SMILES string of the molecule is CC(C)Cc1ccc2ccccc2c1[C@H](N1CC(C)(C)C(=O)N1)C(F)(F)F. The van der Waals surface area contributed by atoms with Crippen LogP contribution in [0.15, 0.2) is 36.4 Å². The normalized spacial score (nSPS) is 18.9. The first-order valence-corrected chi connectivity index (χ1v) is 9.15. The second-order valence-corrected chi connectivity index (χ2v) is 8.35. The minimum Gasteiger partial charge on any atom is -0.287 e. The van der Waals surface area contributed by atoms with Gasteiger partial charge in [-0.05, 0) is 48.1 Å². The van der Waals surface area contributed by atoms with Gasteiger partial charge in [0.2, 0.25) is 5.91 Å². The smallest absolute Gasteiger partial charge is 0.287 e. The first-order valence-electron chi connectivity index (χ1n) is 9.15. The summed E-state index contributed by atoms with van der Waals surface area (Å²) >= 11 is 0. The number of carbonyl (C=O) groups excluding carboxylic acids is 1. The molecular formula is C21H25F3N2O. The summed E-state index contributed by atoms with van der Waals surface area (Å²) in [6, 6.07) is 8.90. The highest BCUT2D eigenvalue weighted by molar-refractivity contribution is 5.88. The minimum atomic E-state index is -4.52. The van der Waals surface area contributed by atoms with Gasteiger partial charge < -0.3 is 0 Å². The van der Waals surface area contributed by atoms with Crippen molar-refractivity contribution in [1.29, 1.82) is 0 Å². The Morgan fingerprint density at radius 1 is 1.15 bits per heavy atom. The van der Waals surface area contributed by atoms with Crippen LogP contribution < -0.4 is 5.43 Å². The molecule has 3 rings (SSSR count). The summed E-state index contributed by atoms with van der Waals surface area (Å²) in [5, 5.41) is 2.41. The summed E-state index contributed by atoms with van der Waals surface area (Å²) in [5.41, 5.74) is 2.51. The van der Waals surface area contributed by atoms with Gasteiger partial charge in [0.25, 0.3) is 0 Å². The molecule has 6 heteroatoms. The molecule has 0 radical (unpaired) electrons. The highest BCUT2D eigenvalue weighted by atomic mass is 19.4. The molecular weight excluding hydrogens is 353 g/mol. The topological polar surface area (TPSA) is 32.3 Å². The number of hydrogen-bond acceptors (Lipinski definition) is 2. The zero-order chi connectivity index (χ0) is 20.0. The number of rotatable bonds is 4. The van der Waals surface area contributed by atoms with Gasteiger partial charge in [0.05, 0.1) is 5.41 Å². The molecule has 1 atom stereocenters. The number of alkyl halides is 3. The van der Waals surface area contributed by atoms with Gasteiger partial charge in [0, 0.05) is 6.54 Å². The summed E-state index contributed by atoms with van der Waals surface area (Å²) in [5.74, 6) is -0.175. The van der Waals surface area contributed by atoms with Crippen LogP contribution in [-0.4, -0.2) is 23.6 Å². The molecule has 27 heavy (non-hydrogen) atoms. The number of fused-ring (bicyclic) bond motifs is 1. The lowest BCUT2D eigenvalue weighted by molar-refractivity contribution is -0.191. The Labute approximate surface area is 157 Å². The fraction of sp³-hybridized carbons (Fsp3) is 0.476. The summed E-state index contributed by atoms with van der Waals surface area (Å²) in [4.78, 5) is 12.2. The quantitative estimate of drug-likeness (QED) is 0.811. The van der Waals surface area contributed by atoms with Gasteiger partial charge in [-0.25, -0.2) is 5.01 Å². The van der Waals surface area contributed by atoms with Gasteiger partial charge in [-0.1, -0.05) is 50.2 Å². The number of hydrogen-bond donors (Lipinski definition) is 1. The molecule has 2 aromatic rings. The summed E-state index contributed by atoms with van der Waals surface area (Å²) < 4.78 is 42.9. The van der Waals surface area contributed by atoms with Crippen LogP contribution in [-0.2, 0) is 11.2 Å². The molecule has 0 aromatic heterocycles. The number of nitrogens with zero attached hydrogens (tertiary/aromatic N) is 1. The molecule has 3 nitrogen and oxygen atoms in total. The molecule has 1 saturated heterocycles. The van der Waals surface area contributed by atoms with Crippen LogP contribution in [0.2, 0.25) is 0 Å². The first kappa shape index (κ1) is 19.7. The third-order valence-electron chi connectivity index (χ3n) is 5.01. The van der Waals surface area contributed by atoms with Gasteiger partial charge in [-0.2, -0.15) is 13.2 Å². The van der Waals surface area contributed by atoms with Gasteiger partial charge in [0.1, 0.15) is 0 Å². The molecule has 0 spiro atoms. The standard InChI is InChI=1S/C21H25F3N2O/c1-13(2)11-15-10-9-14-7-5-6-8-16(14)17(15)18(21(22,23)24)26-12-20(3,4)19(27)25-26/h5-10,13,18H,11-12H2,1-4H3,(H,25,27)/t18-/m0/s1. The molecule has 146 valence electrons. The lowest BCUT2D eigenvalue weighted by Crippen LogP contribution is -2.44. The van der Waals surface area contributed by atoms with Crippen LogP contribution in [0.4, 0.5) is 13.2 Å². The Morgan fingerprint density at radius 3 is 2.37 bits per heavy atom. The molecule has 1 aliphatic heterocycles. The average molecular weight is 378 g/mol. The van der Waals surface area contributed by atoms with E-state index in [1.807, 2.05) is 32.0 Å². The van der Waals surface area contributed by atoms with Crippen molar-refractivity contribution in [2.75, 3.05) is 6.54 Å². The third-order valence-corrected chi connectivity index (χ3v) is 5.01. The van der Waals surface area contributed by atoms with Crippen molar-refractivity contribution in [2.45, 2.75) is 46.3 Å². The van der Waals surface area contributed by atoms with E-state index < -0.39 is 17.6 Å². The molecule has 0 bridgehead atoms. The fourth-order valence-corrected chi connectivity index (χ4v) is 3.75. The van der Waals surface area contributed by atoms with E-state index >= 15 is 0 Å². The maximum Gasteiger partial charge on any atom is 0.409 e. The predicted molar refractivity (Wildman–Crippen MR) is 99.9 cm³/mol. The van der Waals surface area contributed by atoms with E-state index in [9.17, 15) is 18.0 Å². The molecule has 2 aromatic carbocycles. The number of amides is 1. The van der Waals surface area contributed by atoms with E-state index in [0.717, 1.165) is 10.4 Å². The van der Waals surface area contributed by atoms with Crippen LogP contribution in [0.1, 0.15) is 44.9 Å². The number of hydrazine groups is 1. The van der Waals surface area contributed by atoms with E-state index in [2.05, 4.69) is 5.43 Å². The largest absolute Gasteiger partial charge is 0.409 e.